The van der Waals surface area contributed by atoms with Crippen LogP contribution in [0.4, 0.5) is 5.69 Å². The highest BCUT2D eigenvalue weighted by Gasteiger charge is 2.18. The molecule has 2 aromatic carbocycles. The van der Waals surface area contributed by atoms with Crippen molar-refractivity contribution in [2.24, 2.45) is 0 Å². The number of imidazole rings is 1. The van der Waals surface area contributed by atoms with Gasteiger partial charge in [-0.3, -0.25) is 9.20 Å². The number of aromatic nitrogens is 2. The quantitative estimate of drug-likeness (QED) is 0.509. The number of nitrogens with zero attached hydrogens (tertiary/aromatic N) is 2. The molecule has 27 heavy (non-hydrogen) atoms. The minimum absolute atomic E-state index is 0.156. The van der Waals surface area contributed by atoms with Crippen LogP contribution >= 0.6 is 22.9 Å². The van der Waals surface area contributed by atoms with Gasteiger partial charge in [0.15, 0.2) is 4.96 Å². The zero-order valence-corrected chi connectivity index (χ0v) is 16.3. The van der Waals surface area contributed by atoms with Gasteiger partial charge in [-0.1, -0.05) is 22.9 Å². The van der Waals surface area contributed by atoms with Crippen LogP contribution in [0, 0.1) is 6.92 Å². The van der Waals surface area contributed by atoms with Crippen LogP contribution in [-0.4, -0.2) is 22.4 Å². The Hall–Kier alpha value is -2.83. The number of hydrogen-bond donors (Lipinski definition) is 1. The van der Waals surface area contributed by atoms with Crippen molar-refractivity contribution < 1.29 is 9.53 Å². The fraction of sp³-hybridized carbons (Fsp3) is 0.100. The van der Waals surface area contributed by atoms with Crippen LogP contribution in [0.5, 0.6) is 5.75 Å². The number of thiazole rings is 1. The Labute approximate surface area is 165 Å². The van der Waals surface area contributed by atoms with Gasteiger partial charge in [0.25, 0.3) is 5.91 Å². The lowest BCUT2D eigenvalue weighted by Gasteiger charge is -2.04. The van der Waals surface area contributed by atoms with Crippen molar-refractivity contribution in [2.75, 3.05) is 12.4 Å². The van der Waals surface area contributed by atoms with E-state index in [1.54, 1.807) is 31.4 Å². The van der Waals surface area contributed by atoms with E-state index in [9.17, 15) is 4.79 Å². The fourth-order valence-electron chi connectivity index (χ4n) is 2.78. The Balaban J connectivity index is 1.61. The number of hydrogen-bond acceptors (Lipinski definition) is 4. The van der Waals surface area contributed by atoms with E-state index in [4.69, 9.17) is 16.3 Å². The molecule has 0 unspecified atom stereocenters. The number of carbonyl (C=O) groups is 1. The Morgan fingerprint density at radius 1 is 1.15 bits per heavy atom. The maximum Gasteiger partial charge on any atom is 0.267 e. The highest BCUT2D eigenvalue weighted by molar-refractivity contribution is 7.19. The van der Waals surface area contributed by atoms with E-state index < -0.39 is 0 Å². The third-order valence-electron chi connectivity index (χ3n) is 4.25. The molecule has 0 radical (unpaired) electrons. The molecule has 0 aliphatic heterocycles. The number of benzene rings is 2. The molecule has 0 bridgehead atoms. The molecule has 1 amide bonds. The Morgan fingerprint density at radius 3 is 2.48 bits per heavy atom. The van der Waals surface area contributed by atoms with Crippen molar-refractivity contribution in [2.45, 2.75) is 6.92 Å². The maximum absolute atomic E-state index is 12.6. The lowest BCUT2D eigenvalue weighted by Crippen LogP contribution is -2.11. The van der Waals surface area contributed by atoms with Gasteiger partial charge >= 0.3 is 0 Å². The van der Waals surface area contributed by atoms with Crippen molar-refractivity contribution in [3.63, 3.8) is 0 Å². The predicted molar refractivity (Wildman–Crippen MR) is 109 cm³/mol. The molecule has 0 saturated carbocycles. The van der Waals surface area contributed by atoms with Crippen LogP contribution in [0.2, 0.25) is 5.02 Å². The van der Waals surface area contributed by atoms with E-state index in [2.05, 4.69) is 10.3 Å². The summed E-state index contributed by atoms with van der Waals surface area (Å²) in [6.45, 7) is 1.92. The minimum Gasteiger partial charge on any atom is -0.497 e. The summed E-state index contributed by atoms with van der Waals surface area (Å²) in [7, 11) is 1.64. The van der Waals surface area contributed by atoms with E-state index >= 15 is 0 Å². The summed E-state index contributed by atoms with van der Waals surface area (Å²) in [5, 5.41) is 3.52. The SMILES string of the molecule is COc1ccc(-c2cn3c(C)c(C(=O)Nc4ccc(Cl)cc4)sc3n2)cc1. The number of methoxy groups -OCH3 is 1. The number of halogens is 1. The fourth-order valence-corrected chi connectivity index (χ4v) is 3.91. The summed E-state index contributed by atoms with van der Waals surface area (Å²) in [6, 6.07) is 14.8. The lowest BCUT2D eigenvalue weighted by molar-refractivity contribution is 0.102. The highest BCUT2D eigenvalue weighted by Crippen LogP contribution is 2.28. The van der Waals surface area contributed by atoms with Gasteiger partial charge in [0.05, 0.1) is 12.8 Å². The van der Waals surface area contributed by atoms with Gasteiger partial charge in [-0.2, -0.15) is 0 Å². The molecule has 1 N–H and O–H groups in total. The number of nitrogens with one attached hydrogen (secondary N) is 1. The lowest BCUT2D eigenvalue weighted by atomic mass is 10.2. The molecule has 2 aromatic heterocycles. The molecule has 2 heterocycles. The molecule has 4 rings (SSSR count). The number of anilines is 1. The van der Waals surface area contributed by atoms with Gasteiger partial charge in [-0.15, -0.1) is 0 Å². The first-order valence-electron chi connectivity index (χ1n) is 8.25. The third kappa shape index (κ3) is 3.41. The molecule has 0 fully saturated rings. The summed E-state index contributed by atoms with van der Waals surface area (Å²) in [4.78, 5) is 18.7. The van der Waals surface area contributed by atoms with Crippen LogP contribution in [0.15, 0.2) is 54.7 Å². The van der Waals surface area contributed by atoms with Crippen LogP contribution in [0.3, 0.4) is 0 Å². The van der Waals surface area contributed by atoms with Gasteiger partial charge in [0, 0.05) is 28.2 Å². The van der Waals surface area contributed by atoms with Crippen molar-refractivity contribution in [1.82, 2.24) is 9.38 Å². The number of carbonyl (C=O) groups excluding carboxylic acids is 1. The Bertz CT molecular complexity index is 1110. The molecule has 7 heteroatoms. The van der Waals surface area contributed by atoms with Crippen LogP contribution in [-0.2, 0) is 0 Å². The van der Waals surface area contributed by atoms with E-state index in [1.807, 2.05) is 41.8 Å². The van der Waals surface area contributed by atoms with Crippen molar-refractivity contribution in [3.8, 4) is 17.0 Å². The van der Waals surface area contributed by atoms with Crippen LogP contribution < -0.4 is 10.1 Å². The summed E-state index contributed by atoms with van der Waals surface area (Å²) < 4.78 is 7.14. The number of amides is 1. The molecule has 0 aliphatic rings. The minimum atomic E-state index is -0.156. The molecule has 0 aliphatic carbocycles. The Morgan fingerprint density at radius 2 is 1.85 bits per heavy atom. The summed E-state index contributed by atoms with van der Waals surface area (Å²) in [5.41, 5.74) is 3.41. The van der Waals surface area contributed by atoms with E-state index in [1.165, 1.54) is 11.3 Å². The Kier molecular flexibility index (Phi) is 4.59. The predicted octanol–water partition coefficient (Wildman–Crippen LogP) is 5.29. The molecular weight excluding hydrogens is 382 g/mol. The third-order valence-corrected chi connectivity index (χ3v) is 5.66. The molecule has 0 saturated heterocycles. The first-order chi connectivity index (χ1) is 13.0. The van der Waals surface area contributed by atoms with Gasteiger partial charge in [0.2, 0.25) is 0 Å². The van der Waals surface area contributed by atoms with E-state index in [0.717, 1.165) is 27.7 Å². The number of ether oxygens (including phenoxy) is 1. The smallest absolute Gasteiger partial charge is 0.267 e. The summed E-state index contributed by atoms with van der Waals surface area (Å²) >= 11 is 7.25. The molecule has 0 spiro atoms. The molecule has 136 valence electrons. The van der Waals surface area contributed by atoms with Gasteiger partial charge in [0.1, 0.15) is 10.6 Å². The second-order valence-electron chi connectivity index (χ2n) is 5.98. The number of fused-ring (bicyclic) bond motifs is 1. The zero-order chi connectivity index (χ0) is 19.0. The molecule has 0 atom stereocenters. The molecule has 4 aromatic rings. The van der Waals surface area contributed by atoms with Crippen molar-refractivity contribution >= 4 is 39.5 Å². The van der Waals surface area contributed by atoms with Gasteiger partial charge in [-0.05, 0) is 55.5 Å². The number of rotatable bonds is 4. The normalized spacial score (nSPS) is 10.9. The van der Waals surface area contributed by atoms with Gasteiger partial charge in [-0.25, -0.2) is 4.98 Å². The summed E-state index contributed by atoms with van der Waals surface area (Å²) in [5.74, 6) is 0.647. The molecule has 5 nitrogen and oxygen atoms in total. The maximum atomic E-state index is 12.6. The van der Waals surface area contributed by atoms with E-state index in [-0.39, 0.29) is 5.91 Å². The first-order valence-corrected chi connectivity index (χ1v) is 9.44. The van der Waals surface area contributed by atoms with Crippen molar-refractivity contribution in [1.29, 1.82) is 0 Å². The first kappa shape index (κ1) is 17.6. The van der Waals surface area contributed by atoms with Crippen molar-refractivity contribution in [3.05, 3.63) is 70.3 Å². The topological polar surface area (TPSA) is 55.6 Å². The van der Waals surface area contributed by atoms with Crippen LogP contribution in [0.1, 0.15) is 15.4 Å². The average Bonchev–Trinajstić information content (AvgIpc) is 3.23. The van der Waals surface area contributed by atoms with Crippen LogP contribution in [0.25, 0.3) is 16.2 Å². The monoisotopic (exact) mass is 397 g/mol. The van der Waals surface area contributed by atoms with Gasteiger partial charge < -0.3 is 10.1 Å². The highest BCUT2D eigenvalue weighted by atomic mass is 35.5. The second-order valence-corrected chi connectivity index (χ2v) is 7.40. The zero-order valence-electron chi connectivity index (χ0n) is 14.7. The summed E-state index contributed by atoms with van der Waals surface area (Å²) in [6.07, 6.45) is 1.95. The second kappa shape index (κ2) is 7.06. The largest absolute Gasteiger partial charge is 0.497 e. The number of aryl methyl sites for hydroxylation is 1. The standard InChI is InChI=1S/C20H16ClN3O2S/c1-12-18(19(25)22-15-7-5-14(21)6-8-15)27-20-23-17(11-24(12)20)13-3-9-16(26-2)10-4-13/h3-11H,1-2H3,(H,22,25). The van der Waals surface area contributed by atoms with E-state index in [0.29, 0.717) is 15.6 Å². The molecular formula is C20H16ClN3O2S. The average molecular weight is 398 g/mol.